The van der Waals surface area contributed by atoms with Crippen LogP contribution in [0.15, 0.2) is 54.6 Å². The van der Waals surface area contributed by atoms with Gasteiger partial charge >= 0.3 is 0 Å². The average Bonchev–Trinajstić information content (AvgIpc) is 3.09. The third-order valence-electron chi connectivity index (χ3n) is 5.22. The van der Waals surface area contributed by atoms with Crippen molar-refractivity contribution in [3.8, 4) is 0 Å². The molecule has 3 rings (SSSR count). The third kappa shape index (κ3) is 4.97. The quantitative estimate of drug-likeness (QED) is 0.691. The van der Waals surface area contributed by atoms with Crippen LogP contribution in [0.25, 0.3) is 0 Å². The molecule has 4 nitrogen and oxygen atoms in total. The van der Waals surface area contributed by atoms with Crippen molar-refractivity contribution in [2.75, 3.05) is 24.5 Å². The summed E-state index contributed by atoms with van der Waals surface area (Å²) in [5.74, 6) is -0.529. The largest absolute Gasteiger partial charge is 0.342 e. The predicted molar refractivity (Wildman–Crippen MR) is 108 cm³/mol. The molecule has 0 aliphatic carbocycles. The highest BCUT2D eigenvalue weighted by Gasteiger charge is 2.36. The van der Waals surface area contributed by atoms with E-state index in [2.05, 4.69) is 6.92 Å². The van der Waals surface area contributed by atoms with Crippen LogP contribution in [0, 0.1) is 11.7 Å². The Morgan fingerprint density at radius 2 is 1.86 bits per heavy atom. The van der Waals surface area contributed by atoms with Gasteiger partial charge in [0.1, 0.15) is 5.82 Å². The van der Waals surface area contributed by atoms with Gasteiger partial charge in [-0.25, -0.2) is 4.39 Å². The molecule has 0 saturated carbocycles. The molecule has 1 heterocycles. The molecular weight excluding hydrogens is 355 g/mol. The van der Waals surface area contributed by atoms with Crippen LogP contribution in [0.1, 0.15) is 31.7 Å². The minimum Gasteiger partial charge on any atom is -0.342 e. The number of likely N-dealkylation sites (tertiary alicyclic amines) is 1. The van der Waals surface area contributed by atoms with Crippen LogP contribution in [0.2, 0.25) is 0 Å². The van der Waals surface area contributed by atoms with Gasteiger partial charge in [-0.2, -0.15) is 0 Å². The SMILES string of the molecule is CCCCN(C(=O)[C@H]1CC(=O)N(CCc2ccc(F)cc2)C1)c1ccccc1. The van der Waals surface area contributed by atoms with Gasteiger partial charge in [0.05, 0.1) is 5.92 Å². The van der Waals surface area contributed by atoms with Gasteiger partial charge in [-0.05, 0) is 42.7 Å². The number of halogens is 1. The second-order valence-electron chi connectivity index (χ2n) is 7.30. The second kappa shape index (κ2) is 9.49. The van der Waals surface area contributed by atoms with Crippen molar-refractivity contribution in [3.05, 3.63) is 66.0 Å². The van der Waals surface area contributed by atoms with Crippen molar-refractivity contribution < 1.29 is 14.0 Å². The first-order valence-corrected chi connectivity index (χ1v) is 9.97. The molecular formula is C23H27FN2O2. The maximum absolute atomic E-state index is 13.2. The van der Waals surface area contributed by atoms with E-state index in [-0.39, 0.29) is 30.0 Å². The number of unbranched alkanes of at least 4 members (excludes halogenated alkanes) is 1. The van der Waals surface area contributed by atoms with Crippen molar-refractivity contribution in [2.45, 2.75) is 32.6 Å². The molecule has 0 unspecified atom stereocenters. The molecule has 0 N–H and O–H groups in total. The summed E-state index contributed by atoms with van der Waals surface area (Å²) in [5.41, 5.74) is 1.87. The first-order chi connectivity index (χ1) is 13.6. The lowest BCUT2D eigenvalue weighted by molar-refractivity contribution is -0.128. The number of hydrogen-bond donors (Lipinski definition) is 0. The van der Waals surface area contributed by atoms with E-state index in [9.17, 15) is 14.0 Å². The standard InChI is InChI=1S/C23H27FN2O2/c1-2-3-14-26(21-7-5-4-6-8-21)23(28)19-16-22(27)25(17-19)15-13-18-9-11-20(24)12-10-18/h4-12,19H,2-3,13-17H2,1H3/t19-/m0/s1. The van der Waals surface area contributed by atoms with Gasteiger partial charge in [-0.3, -0.25) is 9.59 Å². The minimum absolute atomic E-state index is 0.0176. The van der Waals surface area contributed by atoms with Gasteiger partial charge in [-0.15, -0.1) is 0 Å². The summed E-state index contributed by atoms with van der Waals surface area (Å²) in [7, 11) is 0. The van der Waals surface area contributed by atoms with E-state index in [0.717, 1.165) is 24.1 Å². The van der Waals surface area contributed by atoms with Gasteiger partial charge in [0.25, 0.3) is 0 Å². The number of benzene rings is 2. The highest BCUT2D eigenvalue weighted by Crippen LogP contribution is 2.24. The fraction of sp³-hybridized carbons (Fsp3) is 0.391. The zero-order valence-corrected chi connectivity index (χ0v) is 16.3. The Bertz CT molecular complexity index is 792. The van der Waals surface area contributed by atoms with E-state index in [1.165, 1.54) is 12.1 Å². The molecule has 148 valence electrons. The number of nitrogens with zero attached hydrogens (tertiary/aromatic N) is 2. The molecule has 28 heavy (non-hydrogen) atoms. The van der Waals surface area contributed by atoms with Crippen LogP contribution >= 0.6 is 0 Å². The Kier molecular flexibility index (Phi) is 6.80. The Labute approximate surface area is 166 Å². The minimum atomic E-state index is -0.308. The molecule has 1 aliphatic rings. The Morgan fingerprint density at radius 1 is 1.14 bits per heavy atom. The van der Waals surface area contributed by atoms with Crippen molar-refractivity contribution in [2.24, 2.45) is 5.92 Å². The van der Waals surface area contributed by atoms with Crippen molar-refractivity contribution in [3.63, 3.8) is 0 Å². The smallest absolute Gasteiger partial charge is 0.232 e. The lowest BCUT2D eigenvalue weighted by atomic mass is 10.1. The molecule has 2 amide bonds. The molecule has 2 aromatic carbocycles. The number of amides is 2. The van der Waals surface area contributed by atoms with Crippen LogP contribution < -0.4 is 4.90 Å². The zero-order chi connectivity index (χ0) is 19.9. The molecule has 1 saturated heterocycles. The molecule has 0 spiro atoms. The summed E-state index contributed by atoms with van der Waals surface area (Å²) in [6, 6.07) is 16.0. The lowest BCUT2D eigenvalue weighted by Gasteiger charge is -2.25. The maximum atomic E-state index is 13.2. The molecule has 1 aliphatic heterocycles. The van der Waals surface area contributed by atoms with Gasteiger partial charge in [-0.1, -0.05) is 43.7 Å². The number of anilines is 1. The highest BCUT2D eigenvalue weighted by molar-refractivity contribution is 5.99. The first kappa shape index (κ1) is 20.1. The van der Waals surface area contributed by atoms with Crippen LogP contribution in [0.3, 0.4) is 0 Å². The monoisotopic (exact) mass is 382 g/mol. The molecule has 1 atom stereocenters. The number of carbonyl (C=O) groups excluding carboxylic acids is 2. The van der Waals surface area contributed by atoms with E-state index >= 15 is 0 Å². The van der Waals surface area contributed by atoms with Crippen molar-refractivity contribution >= 4 is 17.5 Å². The average molecular weight is 382 g/mol. The van der Waals surface area contributed by atoms with E-state index in [0.29, 0.717) is 26.1 Å². The fourth-order valence-corrected chi connectivity index (χ4v) is 3.58. The summed E-state index contributed by atoms with van der Waals surface area (Å²) >= 11 is 0. The normalized spacial score (nSPS) is 16.4. The topological polar surface area (TPSA) is 40.6 Å². The van der Waals surface area contributed by atoms with Gasteiger partial charge in [0.2, 0.25) is 11.8 Å². The zero-order valence-electron chi connectivity index (χ0n) is 16.3. The Morgan fingerprint density at radius 3 is 2.54 bits per heavy atom. The third-order valence-corrected chi connectivity index (χ3v) is 5.22. The summed E-state index contributed by atoms with van der Waals surface area (Å²) in [5, 5.41) is 0. The van der Waals surface area contributed by atoms with E-state index in [1.807, 2.05) is 35.2 Å². The summed E-state index contributed by atoms with van der Waals surface area (Å²) in [4.78, 5) is 29.2. The molecule has 5 heteroatoms. The van der Waals surface area contributed by atoms with Crippen molar-refractivity contribution in [1.82, 2.24) is 4.90 Å². The Balaban J connectivity index is 1.63. The summed E-state index contributed by atoms with van der Waals surface area (Å²) in [6.07, 6.45) is 2.85. The highest BCUT2D eigenvalue weighted by atomic mass is 19.1. The number of rotatable bonds is 8. The number of carbonyl (C=O) groups is 2. The molecule has 0 aromatic heterocycles. The van der Waals surface area contributed by atoms with Crippen LogP contribution in [-0.2, 0) is 16.0 Å². The summed E-state index contributed by atoms with van der Waals surface area (Å²) < 4.78 is 13.0. The molecule has 2 aromatic rings. The van der Waals surface area contributed by atoms with Gasteiger partial charge in [0, 0.05) is 31.7 Å². The predicted octanol–water partition coefficient (Wildman–Crippen LogP) is 4.05. The first-order valence-electron chi connectivity index (χ1n) is 9.97. The number of hydrogen-bond acceptors (Lipinski definition) is 2. The van der Waals surface area contributed by atoms with Crippen LogP contribution in [-0.4, -0.2) is 36.3 Å². The van der Waals surface area contributed by atoms with Crippen LogP contribution in [0.5, 0.6) is 0 Å². The van der Waals surface area contributed by atoms with Crippen LogP contribution in [0.4, 0.5) is 10.1 Å². The maximum Gasteiger partial charge on any atom is 0.232 e. The molecule has 0 bridgehead atoms. The van der Waals surface area contributed by atoms with Crippen molar-refractivity contribution in [1.29, 1.82) is 0 Å². The van der Waals surface area contributed by atoms with E-state index in [1.54, 1.807) is 17.0 Å². The summed E-state index contributed by atoms with van der Waals surface area (Å²) in [6.45, 7) is 3.77. The van der Waals surface area contributed by atoms with E-state index < -0.39 is 0 Å². The molecule has 1 fully saturated rings. The number of para-hydroxylation sites is 1. The van der Waals surface area contributed by atoms with Gasteiger partial charge < -0.3 is 9.80 Å². The molecule has 0 radical (unpaired) electrons. The van der Waals surface area contributed by atoms with Gasteiger partial charge in [0.15, 0.2) is 0 Å². The second-order valence-corrected chi connectivity index (χ2v) is 7.30. The Hall–Kier alpha value is -2.69. The van der Waals surface area contributed by atoms with E-state index in [4.69, 9.17) is 0 Å². The lowest BCUT2D eigenvalue weighted by Crippen LogP contribution is -2.38. The fourth-order valence-electron chi connectivity index (χ4n) is 3.58.